The van der Waals surface area contributed by atoms with E-state index in [-0.39, 0.29) is 11.4 Å². The number of aryl methyl sites for hydroxylation is 1. The third kappa shape index (κ3) is 2.09. The monoisotopic (exact) mass is 284 g/mol. The molecule has 0 aliphatic heterocycles. The molecule has 0 radical (unpaired) electrons. The third-order valence-corrected chi connectivity index (χ3v) is 3.23. The third-order valence-electron chi connectivity index (χ3n) is 2.29. The minimum Gasteiger partial charge on any atom is -0.299 e. The summed E-state index contributed by atoms with van der Waals surface area (Å²) in [5.74, 6) is -0.298. The van der Waals surface area contributed by atoms with Crippen LogP contribution in [0.15, 0.2) is 33.5 Å². The van der Waals surface area contributed by atoms with E-state index in [2.05, 4.69) is 21.0 Å². The summed E-state index contributed by atoms with van der Waals surface area (Å²) in [5, 5.41) is 2.92. The van der Waals surface area contributed by atoms with Gasteiger partial charge in [0, 0.05) is 5.69 Å². The number of aromatic amines is 1. The van der Waals surface area contributed by atoms with Crippen LogP contribution in [0.3, 0.4) is 0 Å². The molecule has 0 unspecified atom stereocenters. The van der Waals surface area contributed by atoms with Gasteiger partial charge in [-0.25, -0.2) is 9.07 Å². The molecule has 84 valence electrons. The van der Waals surface area contributed by atoms with Gasteiger partial charge in [-0.2, -0.15) is 0 Å². The second-order valence-electron chi connectivity index (χ2n) is 3.57. The van der Waals surface area contributed by atoms with Crippen LogP contribution < -0.4 is 5.56 Å². The maximum absolute atomic E-state index is 12.9. The fourth-order valence-corrected chi connectivity index (χ4v) is 1.81. The molecule has 16 heavy (non-hydrogen) atoms. The number of benzene rings is 1. The Hall–Kier alpha value is -1.36. The molecule has 0 spiro atoms. The number of rotatable bonds is 2. The van der Waals surface area contributed by atoms with E-state index >= 15 is 0 Å². The smallest absolute Gasteiger partial charge is 0.281 e. The topological polar surface area (TPSA) is 37.8 Å². The number of H-pyrrole nitrogens is 1. The van der Waals surface area contributed by atoms with E-state index in [0.717, 1.165) is 11.3 Å². The van der Waals surface area contributed by atoms with Crippen LogP contribution in [0, 0.1) is 12.7 Å². The van der Waals surface area contributed by atoms with Crippen LogP contribution in [-0.4, -0.2) is 9.78 Å². The predicted octanol–water partition coefficient (Wildman–Crippen LogP) is 2.43. The normalized spacial score (nSPS) is 10.7. The zero-order valence-corrected chi connectivity index (χ0v) is 10.2. The van der Waals surface area contributed by atoms with E-state index in [1.165, 1.54) is 16.8 Å². The lowest BCUT2D eigenvalue weighted by molar-refractivity contribution is 0.615. The summed E-state index contributed by atoms with van der Waals surface area (Å²) < 4.78 is 14.9. The standard InChI is InChI=1S/C11H10BrFN2O/c1-7-10(12)11(16)15(14-7)6-8-3-2-4-9(13)5-8/h2-5,14H,6H2,1H3. The van der Waals surface area contributed by atoms with E-state index in [0.29, 0.717) is 11.0 Å². The lowest BCUT2D eigenvalue weighted by atomic mass is 10.2. The van der Waals surface area contributed by atoms with Crippen LogP contribution in [-0.2, 0) is 6.54 Å². The van der Waals surface area contributed by atoms with Crippen molar-refractivity contribution in [2.75, 3.05) is 0 Å². The highest BCUT2D eigenvalue weighted by atomic mass is 79.9. The Morgan fingerprint density at radius 2 is 2.25 bits per heavy atom. The minimum atomic E-state index is -0.298. The first-order valence-corrected chi connectivity index (χ1v) is 5.56. The summed E-state index contributed by atoms with van der Waals surface area (Å²) in [6.07, 6.45) is 0. The molecule has 1 N–H and O–H groups in total. The summed E-state index contributed by atoms with van der Waals surface area (Å²) >= 11 is 3.19. The van der Waals surface area contributed by atoms with Crippen LogP contribution in [0.1, 0.15) is 11.3 Å². The summed E-state index contributed by atoms with van der Waals surface area (Å²) in [5.41, 5.74) is 1.37. The maximum atomic E-state index is 12.9. The average molecular weight is 285 g/mol. The fraction of sp³-hybridized carbons (Fsp3) is 0.182. The lowest BCUT2D eigenvalue weighted by Crippen LogP contribution is -2.17. The summed E-state index contributed by atoms with van der Waals surface area (Å²) in [7, 11) is 0. The summed E-state index contributed by atoms with van der Waals surface area (Å²) in [4.78, 5) is 11.7. The van der Waals surface area contributed by atoms with Crippen LogP contribution in [0.5, 0.6) is 0 Å². The molecule has 1 heterocycles. The Labute approximate surface area is 100 Å². The van der Waals surface area contributed by atoms with Gasteiger partial charge in [-0.1, -0.05) is 12.1 Å². The van der Waals surface area contributed by atoms with Crippen molar-refractivity contribution in [1.82, 2.24) is 9.78 Å². The molecule has 0 amide bonds. The van der Waals surface area contributed by atoms with E-state index in [9.17, 15) is 9.18 Å². The van der Waals surface area contributed by atoms with Gasteiger partial charge in [-0.3, -0.25) is 9.89 Å². The van der Waals surface area contributed by atoms with Crippen LogP contribution in [0.2, 0.25) is 0 Å². The van der Waals surface area contributed by atoms with Crippen LogP contribution in [0.25, 0.3) is 0 Å². The quantitative estimate of drug-likeness (QED) is 0.904. The number of hydrogen-bond acceptors (Lipinski definition) is 1. The second kappa shape index (κ2) is 4.25. The SMILES string of the molecule is Cc1[nH]n(Cc2cccc(F)c2)c(=O)c1Br. The van der Waals surface area contributed by atoms with E-state index in [4.69, 9.17) is 0 Å². The van der Waals surface area contributed by atoms with Crippen molar-refractivity contribution in [1.29, 1.82) is 0 Å². The van der Waals surface area contributed by atoms with Crippen LogP contribution >= 0.6 is 15.9 Å². The predicted molar refractivity (Wildman–Crippen MR) is 63.0 cm³/mol. The number of aromatic nitrogens is 2. The molecule has 0 fully saturated rings. The Bertz CT molecular complexity index is 574. The summed E-state index contributed by atoms with van der Waals surface area (Å²) in [6.45, 7) is 2.14. The zero-order chi connectivity index (χ0) is 11.7. The van der Waals surface area contributed by atoms with Gasteiger partial charge in [0.2, 0.25) is 0 Å². The number of nitrogens with zero attached hydrogens (tertiary/aromatic N) is 1. The number of hydrogen-bond donors (Lipinski definition) is 1. The molecule has 0 atom stereocenters. The van der Waals surface area contributed by atoms with Crippen molar-refractivity contribution in [3.05, 3.63) is 56.2 Å². The first kappa shape index (κ1) is 11.1. The number of nitrogens with one attached hydrogen (secondary N) is 1. The van der Waals surface area contributed by atoms with Crippen molar-refractivity contribution in [3.63, 3.8) is 0 Å². The molecule has 0 saturated heterocycles. The highest BCUT2D eigenvalue weighted by Gasteiger charge is 2.08. The Balaban J connectivity index is 2.34. The zero-order valence-electron chi connectivity index (χ0n) is 8.63. The molecule has 1 aromatic carbocycles. The van der Waals surface area contributed by atoms with Crippen molar-refractivity contribution in [2.24, 2.45) is 0 Å². The lowest BCUT2D eigenvalue weighted by Gasteiger charge is -2.01. The first-order valence-electron chi connectivity index (χ1n) is 4.77. The average Bonchev–Trinajstić information content (AvgIpc) is 2.47. The molecule has 0 aliphatic rings. The van der Waals surface area contributed by atoms with Gasteiger partial charge < -0.3 is 0 Å². The molecule has 0 saturated carbocycles. The molecule has 3 nitrogen and oxygen atoms in total. The van der Waals surface area contributed by atoms with E-state index in [1.807, 2.05) is 0 Å². The molecule has 2 aromatic rings. The van der Waals surface area contributed by atoms with Gasteiger partial charge in [0.1, 0.15) is 10.3 Å². The van der Waals surface area contributed by atoms with Gasteiger partial charge in [0.05, 0.1) is 6.54 Å². The Morgan fingerprint density at radius 3 is 2.81 bits per heavy atom. The maximum Gasteiger partial charge on any atom is 0.281 e. The minimum absolute atomic E-state index is 0.137. The van der Waals surface area contributed by atoms with E-state index in [1.54, 1.807) is 19.1 Å². The van der Waals surface area contributed by atoms with Gasteiger partial charge in [-0.05, 0) is 40.5 Å². The van der Waals surface area contributed by atoms with Gasteiger partial charge in [0.15, 0.2) is 0 Å². The Morgan fingerprint density at radius 1 is 1.50 bits per heavy atom. The molecule has 0 aliphatic carbocycles. The fourth-order valence-electron chi connectivity index (χ4n) is 1.51. The Kier molecular flexibility index (Phi) is 2.96. The molecule has 5 heteroatoms. The molecular formula is C11H10BrFN2O. The molecule has 0 bridgehead atoms. The molecular weight excluding hydrogens is 275 g/mol. The van der Waals surface area contributed by atoms with E-state index < -0.39 is 0 Å². The van der Waals surface area contributed by atoms with Gasteiger partial charge >= 0.3 is 0 Å². The van der Waals surface area contributed by atoms with Crippen molar-refractivity contribution >= 4 is 15.9 Å². The second-order valence-corrected chi connectivity index (χ2v) is 4.37. The van der Waals surface area contributed by atoms with Gasteiger partial charge in [-0.15, -0.1) is 0 Å². The van der Waals surface area contributed by atoms with Crippen molar-refractivity contribution in [3.8, 4) is 0 Å². The van der Waals surface area contributed by atoms with Crippen molar-refractivity contribution in [2.45, 2.75) is 13.5 Å². The first-order chi connectivity index (χ1) is 7.58. The summed E-state index contributed by atoms with van der Waals surface area (Å²) in [6, 6.07) is 6.19. The van der Waals surface area contributed by atoms with Crippen LogP contribution in [0.4, 0.5) is 4.39 Å². The number of halogens is 2. The van der Waals surface area contributed by atoms with Gasteiger partial charge in [0.25, 0.3) is 5.56 Å². The molecule has 1 aromatic heterocycles. The van der Waals surface area contributed by atoms with Crippen molar-refractivity contribution < 1.29 is 4.39 Å². The largest absolute Gasteiger partial charge is 0.299 e. The highest BCUT2D eigenvalue weighted by molar-refractivity contribution is 9.10. The molecule has 2 rings (SSSR count). The highest BCUT2D eigenvalue weighted by Crippen LogP contribution is 2.09.